The van der Waals surface area contributed by atoms with E-state index in [2.05, 4.69) is 12.1 Å². The Morgan fingerprint density at radius 2 is 1.59 bits per heavy atom. The average molecular weight is 363 g/mol. The smallest absolute Gasteiger partial charge is 0.261 e. The number of ketones is 1. The number of benzene rings is 2. The Balaban J connectivity index is 1.85. The number of allylic oxidation sites excluding steroid dienone is 1. The minimum Gasteiger partial charge on any atom is -0.512 e. The molecule has 0 bridgehead atoms. The zero-order valence-electron chi connectivity index (χ0n) is 16.0. The third kappa shape index (κ3) is 3.95. The quantitative estimate of drug-likeness (QED) is 0.483. The number of rotatable bonds is 5. The summed E-state index contributed by atoms with van der Waals surface area (Å²) in [6.45, 7) is 5.81. The lowest BCUT2D eigenvalue weighted by molar-refractivity contribution is -0.128. The van der Waals surface area contributed by atoms with E-state index in [1.807, 2.05) is 56.3 Å². The molecule has 1 fully saturated rings. The van der Waals surface area contributed by atoms with E-state index in [4.69, 9.17) is 0 Å². The molecule has 2 aromatic carbocycles. The molecule has 1 amide bonds. The summed E-state index contributed by atoms with van der Waals surface area (Å²) in [6, 6.07) is 17.6. The van der Waals surface area contributed by atoms with Crippen LogP contribution in [-0.2, 0) is 16.1 Å². The number of likely N-dealkylation sites (tertiary alicyclic amines) is 1. The highest BCUT2D eigenvalue weighted by Crippen LogP contribution is 2.29. The van der Waals surface area contributed by atoms with Crippen LogP contribution in [0.5, 0.6) is 0 Å². The SMILES string of the molecule is C/C(O)=C1/C(=O)[C@H](CC(C)C)N(Cc2ccc(-c3ccccc3)cc2)C1=O. The third-order valence-corrected chi connectivity index (χ3v) is 4.87. The van der Waals surface area contributed by atoms with Crippen LogP contribution in [0.1, 0.15) is 32.8 Å². The van der Waals surface area contributed by atoms with Gasteiger partial charge in [-0.2, -0.15) is 0 Å². The Hall–Kier alpha value is -2.88. The third-order valence-electron chi connectivity index (χ3n) is 4.87. The maximum Gasteiger partial charge on any atom is 0.261 e. The van der Waals surface area contributed by atoms with Crippen LogP contribution in [0, 0.1) is 5.92 Å². The van der Waals surface area contributed by atoms with Crippen LogP contribution in [0.25, 0.3) is 11.1 Å². The van der Waals surface area contributed by atoms with Crippen LogP contribution in [0.2, 0.25) is 0 Å². The molecule has 0 aliphatic carbocycles. The van der Waals surface area contributed by atoms with Crippen LogP contribution in [0.3, 0.4) is 0 Å². The van der Waals surface area contributed by atoms with Crippen LogP contribution in [-0.4, -0.2) is 27.7 Å². The van der Waals surface area contributed by atoms with Crippen molar-refractivity contribution in [3.63, 3.8) is 0 Å². The number of aliphatic hydroxyl groups excluding tert-OH is 1. The van der Waals surface area contributed by atoms with E-state index < -0.39 is 6.04 Å². The van der Waals surface area contributed by atoms with Gasteiger partial charge in [-0.15, -0.1) is 0 Å². The average Bonchev–Trinajstić information content (AvgIpc) is 2.86. The van der Waals surface area contributed by atoms with Crippen LogP contribution >= 0.6 is 0 Å². The molecule has 0 radical (unpaired) electrons. The maximum absolute atomic E-state index is 12.7. The maximum atomic E-state index is 12.7. The van der Waals surface area contributed by atoms with Gasteiger partial charge in [0.25, 0.3) is 5.91 Å². The minimum atomic E-state index is -0.511. The highest BCUT2D eigenvalue weighted by atomic mass is 16.3. The number of Topliss-reactive ketones (excluding diaryl/α,β-unsaturated/α-hetero) is 1. The van der Waals surface area contributed by atoms with E-state index in [1.165, 1.54) is 6.92 Å². The predicted octanol–water partition coefficient (Wildman–Crippen LogP) is 4.51. The normalized spacial score (nSPS) is 19.1. The Morgan fingerprint density at radius 1 is 1.00 bits per heavy atom. The van der Waals surface area contributed by atoms with Crippen molar-refractivity contribution in [2.45, 2.75) is 39.8 Å². The monoisotopic (exact) mass is 363 g/mol. The molecule has 1 N–H and O–H groups in total. The van der Waals surface area contributed by atoms with Crippen LogP contribution < -0.4 is 0 Å². The fourth-order valence-corrected chi connectivity index (χ4v) is 3.52. The summed E-state index contributed by atoms with van der Waals surface area (Å²) in [7, 11) is 0. The summed E-state index contributed by atoms with van der Waals surface area (Å²) in [4.78, 5) is 27.0. The molecular formula is C23H25NO3. The number of amides is 1. The molecule has 0 aromatic heterocycles. The van der Waals surface area contributed by atoms with Gasteiger partial charge in [0.2, 0.25) is 0 Å². The van der Waals surface area contributed by atoms with E-state index >= 15 is 0 Å². The second kappa shape index (κ2) is 7.78. The van der Waals surface area contributed by atoms with Crippen molar-refractivity contribution in [2.75, 3.05) is 0 Å². The summed E-state index contributed by atoms with van der Waals surface area (Å²) in [5.41, 5.74) is 3.13. The summed E-state index contributed by atoms with van der Waals surface area (Å²) in [5.74, 6) is -0.568. The summed E-state index contributed by atoms with van der Waals surface area (Å²) in [6.07, 6.45) is 0.587. The first-order chi connectivity index (χ1) is 12.9. The largest absolute Gasteiger partial charge is 0.512 e. The zero-order valence-corrected chi connectivity index (χ0v) is 16.0. The summed E-state index contributed by atoms with van der Waals surface area (Å²) < 4.78 is 0. The van der Waals surface area contributed by atoms with Gasteiger partial charge in [0, 0.05) is 6.54 Å². The lowest BCUT2D eigenvalue weighted by atomic mass is 9.98. The van der Waals surface area contributed by atoms with Gasteiger partial charge in [-0.3, -0.25) is 9.59 Å². The highest BCUT2D eigenvalue weighted by Gasteiger charge is 2.44. The van der Waals surface area contributed by atoms with Crippen molar-refractivity contribution < 1.29 is 14.7 Å². The zero-order chi connectivity index (χ0) is 19.6. The first kappa shape index (κ1) is 18.9. The molecule has 1 saturated heterocycles. The molecular weight excluding hydrogens is 338 g/mol. The number of carbonyl (C=O) groups excluding carboxylic acids is 2. The number of hydrogen-bond acceptors (Lipinski definition) is 3. The van der Waals surface area contributed by atoms with Gasteiger partial charge in [-0.1, -0.05) is 68.4 Å². The van der Waals surface area contributed by atoms with Crippen molar-refractivity contribution in [3.8, 4) is 11.1 Å². The molecule has 0 spiro atoms. The number of aliphatic hydroxyl groups is 1. The topological polar surface area (TPSA) is 57.6 Å². The molecule has 2 aromatic rings. The summed E-state index contributed by atoms with van der Waals surface area (Å²) in [5, 5.41) is 9.80. The number of carbonyl (C=O) groups is 2. The van der Waals surface area contributed by atoms with Gasteiger partial charge < -0.3 is 10.0 Å². The van der Waals surface area contributed by atoms with E-state index in [0.29, 0.717) is 13.0 Å². The molecule has 1 aliphatic heterocycles. The molecule has 4 heteroatoms. The number of nitrogens with zero attached hydrogens (tertiary/aromatic N) is 1. The molecule has 27 heavy (non-hydrogen) atoms. The van der Waals surface area contributed by atoms with Gasteiger partial charge in [-0.25, -0.2) is 0 Å². The first-order valence-corrected chi connectivity index (χ1v) is 9.28. The lowest BCUT2D eigenvalue weighted by Crippen LogP contribution is -2.36. The van der Waals surface area contributed by atoms with Crippen molar-refractivity contribution in [3.05, 3.63) is 71.5 Å². The highest BCUT2D eigenvalue weighted by molar-refractivity contribution is 6.26. The van der Waals surface area contributed by atoms with Crippen molar-refractivity contribution in [1.82, 2.24) is 4.90 Å². The van der Waals surface area contributed by atoms with E-state index in [9.17, 15) is 14.7 Å². The fourth-order valence-electron chi connectivity index (χ4n) is 3.52. The summed E-state index contributed by atoms with van der Waals surface area (Å²) >= 11 is 0. The van der Waals surface area contributed by atoms with Crippen molar-refractivity contribution in [2.24, 2.45) is 5.92 Å². The van der Waals surface area contributed by atoms with E-state index in [1.54, 1.807) is 4.90 Å². The van der Waals surface area contributed by atoms with Crippen molar-refractivity contribution in [1.29, 1.82) is 0 Å². The fraction of sp³-hybridized carbons (Fsp3) is 0.304. The van der Waals surface area contributed by atoms with Gasteiger partial charge in [0.1, 0.15) is 11.3 Å². The predicted molar refractivity (Wildman–Crippen MR) is 106 cm³/mol. The molecule has 0 saturated carbocycles. The molecule has 0 unspecified atom stereocenters. The molecule has 1 heterocycles. The van der Waals surface area contributed by atoms with Crippen molar-refractivity contribution >= 4 is 11.7 Å². The van der Waals surface area contributed by atoms with Crippen LogP contribution in [0.15, 0.2) is 65.9 Å². The Kier molecular flexibility index (Phi) is 5.45. The number of hydrogen-bond donors (Lipinski definition) is 1. The van der Waals surface area contributed by atoms with E-state index in [-0.39, 0.29) is 28.9 Å². The minimum absolute atomic E-state index is 0.0680. The molecule has 1 atom stereocenters. The van der Waals surface area contributed by atoms with Gasteiger partial charge in [-0.05, 0) is 36.0 Å². The van der Waals surface area contributed by atoms with Crippen LogP contribution in [0.4, 0.5) is 0 Å². The first-order valence-electron chi connectivity index (χ1n) is 9.28. The molecule has 3 rings (SSSR count). The molecule has 1 aliphatic rings. The van der Waals surface area contributed by atoms with E-state index in [0.717, 1.165) is 16.7 Å². The Bertz CT molecular complexity index is 862. The Morgan fingerprint density at radius 3 is 2.15 bits per heavy atom. The second-order valence-corrected chi connectivity index (χ2v) is 7.47. The Labute approximate surface area is 160 Å². The molecule has 140 valence electrons. The second-order valence-electron chi connectivity index (χ2n) is 7.47. The van der Waals surface area contributed by atoms with Gasteiger partial charge in [0.15, 0.2) is 5.78 Å². The molecule has 4 nitrogen and oxygen atoms in total. The van der Waals surface area contributed by atoms with Gasteiger partial charge in [0.05, 0.1) is 6.04 Å². The standard InChI is InChI=1S/C23H25NO3/c1-15(2)13-20-22(26)21(16(3)25)23(27)24(20)14-17-9-11-19(12-10-17)18-7-5-4-6-8-18/h4-12,15,20,25H,13-14H2,1-3H3/b21-16+/t20-/m0/s1. The lowest BCUT2D eigenvalue weighted by Gasteiger charge is -2.24. The van der Waals surface area contributed by atoms with Gasteiger partial charge >= 0.3 is 0 Å².